The van der Waals surface area contributed by atoms with Gasteiger partial charge in [-0.2, -0.15) is 8.42 Å². The molecule has 4 nitrogen and oxygen atoms in total. The van der Waals surface area contributed by atoms with Crippen molar-refractivity contribution in [3.05, 3.63) is 77.7 Å². The van der Waals surface area contributed by atoms with Crippen LogP contribution in [0.15, 0.2) is 60.7 Å². The summed E-state index contributed by atoms with van der Waals surface area (Å²) in [5.74, 6) is 1.33. The van der Waals surface area contributed by atoms with Gasteiger partial charge in [0.2, 0.25) is 0 Å². The van der Waals surface area contributed by atoms with Gasteiger partial charge in [0.1, 0.15) is 0 Å². The van der Waals surface area contributed by atoms with Gasteiger partial charge >= 0.3 is 40.0 Å². The van der Waals surface area contributed by atoms with Crippen LogP contribution >= 0.6 is 0 Å². The maximum atomic E-state index is 8.74. The fourth-order valence-corrected chi connectivity index (χ4v) is 1.54. The standard InChI is InChI=1S/C14H13.Na.H2O4S/c1-12(13-8-4-2-5-9-13)14-10-6-3-7-11-14;;1-5(2,3)4/h2-11H,1H3;;(H2,1,2,3,4)/q-1;+1;. The van der Waals surface area contributed by atoms with E-state index in [9.17, 15) is 0 Å². The summed E-state index contributed by atoms with van der Waals surface area (Å²) in [6.45, 7) is 2.16. The van der Waals surface area contributed by atoms with Gasteiger partial charge in [0, 0.05) is 0 Å². The second-order valence-corrected chi connectivity index (χ2v) is 4.70. The Hall–Kier alpha value is -0.820. The van der Waals surface area contributed by atoms with Crippen LogP contribution in [0.4, 0.5) is 0 Å². The largest absolute Gasteiger partial charge is 1.00 e. The summed E-state index contributed by atoms with van der Waals surface area (Å²) in [4.78, 5) is 0. The van der Waals surface area contributed by atoms with Crippen molar-refractivity contribution in [2.45, 2.75) is 6.92 Å². The van der Waals surface area contributed by atoms with Gasteiger partial charge in [-0.1, -0.05) is 43.3 Å². The van der Waals surface area contributed by atoms with Gasteiger partial charge in [-0.25, -0.2) is 0 Å². The molecule has 0 unspecified atom stereocenters. The van der Waals surface area contributed by atoms with E-state index in [1.807, 2.05) is 12.1 Å². The van der Waals surface area contributed by atoms with Crippen LogP contribution in [0.3, 0.4) is 0 Å². The summed E-state index contributed by atoms with van der Waals surface area (Å²) in [6.07, 6.45) is 0. The van der Waals surface area contributed by atoms with Crippen molar-refractivity contribution in [1.29, 1.82) is 0 Å². The van der Waals surface area contributed by atoms with Crippen molar-refractivity contribution in [3.63, 3.8) is 0 Å². The third-order valence-electron chi connectivity index (χ3n) is 2.41. The smallest absolute Gasteiger partial charge is 0.264 e. The molecule has 0 amide bonds. The fraction of sp³-hybridized carbons (Fsp3) is 0.0714. The molecule has 102 valence electrons. The van der Waals surface area contributed by atoms with Crippen LogP contribution < -0.4 is 29.6 Å². The summed E-state index contributed by atoms with van der Waals surface area (Å²) in [5, 5.41) is 0. The van der Waals surface area contributed by atoms with E-state index in [0.29, 0.717) is 0 Å². The minimum absolute atomic E-state index is 0. The van der Waals surface area contributed by atoms with E-state index in [1.54, 1.807) is 0 Å². The van der Waals surface area contributed by atoms with Gasteiger partial charge < -0.3 is 0 Å². The summed E-state index contributed by atoms with van der Waals surface area (Å²) in [7, 11) is -4.67. The Labute approximate surface area is 141 Å². The van der Waals surface area contributed by atoms with Crippen molar-refractivity contribution in [1.82, 2.24) is 0 Å². The Morgan fingerprint density at radius 1 is 0.800 bits per heavy atom. The summed E-state index contributed by atoms with van der Waals surface area (Å²) >= 11 is 0. The van der Waals surface area contributed by atoms with E-state index < -0.39 is 10.4 Å². The Kier molecular flexibility index (Phi) is 8.80. The topological polar surface area (TPSA) is 74.6 Å². The predicted octanol–water partition coefficient (Wildman–Crippen LogP) is 0.0286. The molecule has 0 bridgehead atoms. The molecule has 0 heterocycles. The van der Waals surface area contributed by atoms with Crippen LogP contribution in [-0.2, 0) is 10.4 Å². The van der Waals surface area contributed by atoms with Gasteiger partial charge in [0.25, 0.3) is 0 Å². The quantitative estimate of drug-likeness (QED) is 0.466. The van der Waals surface area contributed by atoms with Crippen molar-refractivity contribution in [3.8, 4) is 0 Å². The minimum Gasteiger partial charge on any atom is -0.264 e. The molecule has 0 aliphatic carbocycles. The van der Waals surface area contributed by atoms with Crippen molar-refractivity contribution in [2.75, 3.05) is 0 Å². The van der Waals surface area contributed by atoms with E-state index >= 15 is 0 Å². The van der Waals surface area contributed by atoms with Crippen LogP contribution in [-0.4, -0.2) is 17.5 Å². The van der Waals surface area contributed by atoms with Crippen molar-refractivity contribution < 1.29 is 47.1 Å². The molecule has 0 atom stereocenters. The van der Waals surface area contributed by atoms with E-state index in [1.165, 1.54) is 17.0 Å². The first-order chi connectivity index (χ1) is 8.88. The van der Waals surface area contributed by atoms with E-state index in [2.05, 4.69) is 55.5 Å². The Morgan fingerprint density at radius 3 is 1.30 bits per heavy atom. The van der Waals surface area contributed by atoms with Gasteiger partial charge in [0.05, 0.1) is 0 Å². The molecule has 20 heavy (non-hydrogen) atoms. The van der Waals surface area contributed by atoms with Crippen LogP contribution in [0.2, 0.25) is 0 Å². The summed E-state index contributed by atoms with van der Waals surface area (Å²) < 4.78 is 31.6. The first-order valence-electron chi connectivity index (χ1n) is 5.52. The van der Waals surface area contributed by atoms with Crippen LogP contribution in [0.25, 0.3) is 0 Å². The summed E-state index contributed by atoms with van der Waals surface area (Å²) in [6, 6.07) is 20.9. The van der Waals surface area contributed by atoms with Crippen LogP contribution in [0.5, 0.6) is 0 Å². The minimum atomic E-state index is -4.67. The van der Waals surface area contributed by atoms with Crippen LogP contribution in [0.1, 0.15) is 18.1 Å². The number of hydrogen-bond donors (Lipinski definition) is 2. The molecule has 0 saturated heterocycles. The number of rotatable bonds is 2. The summed E-state index contributed by atoms with van der Waals surface area (Å²) in [5.41, 5.74) is 2.58. The zero-order valence-electron chi connectivity index (χ0n) is 11.4. The van der Waals surface area contributed by atoms with E-state index in [-0.39, 0.29) is 29.6 Å². The zero-order valence-corrected chi connectivity index (χ0v) is 14.2. The second kappa shape index (κ2) is 9.18. The molecule has 0 aliphatic heterocycles. The number of hydrogen-bond acceptors (Lipinski definition) is 2. The molecule has 0 fully saturated rings. The number of benzene rings is 2. The maximum absolute atomic E-state index is 8.74. The third-order valence-corrected chi connectivity index (χ3v) is 2.41. The molecule has 2 N–H and O–H groups in total. The molecule has 0 aliphatic rings. The third kappa shape index (κ3) is 8.37. The molecule has 0 spiro atoms. The predicted molar refractivity (Wildman–Crippen MR) is 74.2 cm³/mol. The molecular weight excluding hydrogens is 287 g/mol. The normalized spacial score (nSPS) is 9.75. The SMILES string of the molecule is C[C-](c1ccccc1)c1ccccc1.O=S(=O)(O)O.[Na+]. The molecule has 2 aromatic rings. The average molecular weight is 302 g/mol. The molecule has 2 rings (SSSR count). The van der Waals surface area contributed by atoms with E-state index in [0.717, 1.165) is 0 Å². The van der Waals surface area contributed by atoms with Gasteiger partial charge in [0.15, 0.2) is 0 Å². The van der Waals surface area contributed by atoms with Crippen molar-refractivity contribution >= 4 is 10.4 Å². The van der Waals surface area contributed by atoms with Crippen molar-refractivity contribution in [2.24, 2.45) is 0 Å². The second-order valence-electron chi connectivity index (χ2n) is 3.80. The van der Waals surface area contributed by atoms with Gasteiger partial charge in [-0.3, -0.25) is 9.11 Å². The Morgan fingerprint density at radius 2 is 1.05 bits per heavy atom. The molecule has 0 aromatic heterocycles. The monoisotopic (exact) mass is 302 g/mol. The molecular formula is C14H15NaO4S. The average Bonchev–Trinajstić information content (AvgIpc) is 2.38. The molecule has 0 saturated carbocycles. The fourth-order valence-electron chi connectivity index (χ4n) is 1.54. The maximum Gasteiger partial charge on any atom is 1.00 e. The zero-order chi connectivity index (χ0) is 14.3. The molecule has 6 heteroatoms. The van der Waals surface area contributed by atoms with Crippen LogP contribution in [0, 0.1) is 5.92 Å². The molecule has 0 radical (unpaired) electrons. The van der Waals surface area contributed by atoms with E-state index in [4.69, 9.17) is 17.5 Å². The Balaban J connectivity index is 0.000000526. The first kappa shape index (κ1) is 19.2. The molecule has 2 aromatic carbocycles. The van der Waals surface area contributed by atoms with Gasteiger partial charge in [-0.15, -0.1) is 41.3 Å². The van der Waals surface area contributed by atoms with Gasteiger partial charge in [-0.05, 0) is 0 Å². The first-order valence-corrected chi connectivity index (χ1v) is 6.92. The Bertz CT molecular complexity index is 538.